The van der Waals surface area contributed by atoms with Crippen LogP contribution < -0.4 is 5.32 Å². The number of hydrogen-bond donors (Lipinski definition) is 1. The molecule has 0 spiro atoms. The van der Waals surface area contributed by atoms with Crippen molar-refractivity contribution in [2.75, 3.05) is 5.32 Å². The summed E-state index contributed by atoms with van der Waals surface area (Å²) in [6, 6.07) is 1.47. The standard InChI is InChI=1S/C14H18F3N/c1-8-4-3-5-13(9(8)2)18-14-11(16)6-10(15)7-12(14)17/h6-9,13,18H,3-5H2,1-2H3. The molecule has 3 unspecified atom stereocenters. The first-order valence-electron chi connectivity index (χ1n) is 6.40. The van der Waals surface area contributed by atoms with E-state index in [-0.39, 0.29) is 11.7 Å². The Labute approximate surface area is 105 Å². The lowest BCUT2D eigenvalue weighted by molar-refractivity contribution is 0.252. The number of hydrogen-bond acceptors (Lipinski definition) is 1. The maximum atomic E-state index is 13.5. The highest BCUT2D eigenvalue weighted by Crippen LogP contribution is 2.32. The van der Waals surface area contributed by atoms with Gasteiger partial charge in [0.1, 0.15) is 11.5 Å². The van der Waals surface area contributed by atoms with E-state index >= 15 is 0 Å². The van der Waals surface area contributed by atoms with E-state index in [1.54, 1.807) is 0 Å². The van der Waals surface area contributed by atoms with Crippen LogP contribution in [0.3, 0.4) is 0 Å². The Bertz CT molecular complexity index is 410. The number of rotatable bonds is 2. The Morgan fingerprint density at radius 3 is 2.28 bits per heavy atom. The van der Waals surface area contributed by atoms with Crippen LogP contribution in [-0.2, 0) is 0 Å². The van der Waals surface area contributed by atoms with Crippen molar-refractivity contribution in [2.24, 2.45) is 11.8 Å². The molecule has 0 saturated heterocycles. The second-order valence-corrected chi connectivity index (χ2v) is 5.26. The predicted octanol–water partition coefficient (Wildman–Crippen LogP) is 4.34. The van der Waals surface area contributed by atoms with E-state index in [9.17, 15) is 13.2 Å². The van der Waals surface area contributed by atoms with E-state index in [0.29, 0.717) is 24.0 Å². The first-order chi connectivity index (χ1) is 8.49. The fraction of sp³-hybridized carbons (Fsp3) is 0.571. The molecule has 0 amide bonds. The van der Waals surface area contributed by atoms with Gasteiger partial charge in [-0.2, -0.15) is 0 Å². The Hall–Kier alpha value is -1.19. The van der Waals surface area contributed by atoms with Gasteiger partial charge in [0, 0.05) is 18.2 Å². The molecule has 0 heterocycles. The van der Waals surface area contributed by atoms with Crippen LogP contribution in [0.25, 0.3) is 0 Å². The molecule has 0 bridgehead atoms. The van der Waals surface area contributed by atoms with Crippen LogP contribution in [0, 0.1) is 29.3 Å². The van der Waals surface area contributed by atoms with Gasteiger partial charge in [0.15, 0.2) is 11.6 Å². The van der Waals surface area contributed by atoms with Gasteiger partial charge in [-0.25, -0.2) is 13.2 Å². The average molecular weight is 257 g/mol. The van der Waals surface area contributed by atoms with Crippen LogP contribution >= 0.6 is 0 Å². The van der Waals surface area contributed by atoms with E-state index in [2.05, 4.69) is 19.2 Å². The largest absolute Gasteiger partial charge is 0.377 e. The molecule has 1 aliphatic carbocycles. The Morgan fingerprint density at radius 2 is 1.67 bits per heavy atom. The monoisotopic (exact) mass is 257 g/mol. The molecule has 1 saturated carbocycles. The lowest BCUT2D eigenvalue weighted by Crippen LogP contribution is -2.35. The summed E-state index contributed by atoms with van der Waals surface area (Å²) < 4.78 is 39.9. The van der Waals surface area contributed by atoms with Crippen molar-refractivity contribution in [3.8, 4) is 0 Å². The minimum absolute atomic E-state index is 0.0446. The van der Waals surface area contributed by atoms with E-state index in [4.69, 9.17) is 0 Å². The topological polar surface area (TPSA) is 12.0 Å². The second kappa shape index (κ2) is 5.21. The third-order valence-electron chi connectivity index (χ3n) is 4.04. The quantitative estimate of drug-likeness (QED) is 0.831. The van der Waals surface area contributed by atoms with Crippen LogP contribution in [0.5, 0.6) is 0 Å². The van der Waals surface area contributed by atoms with Gasteiger partial charge in [-0.15, -0.1) is 0 Å². The van der Waals surface area contributed by atoms with Gasteiger partial charge < -0.3 is 5.32 Å². The molecule has 1 aliphatic rings. The molecule has 0 aromatic heterocycles. The zero-order valence-corrected chi connectivity index (χ0v) is 10.6. The molecule has 0 radical (unpaired) electrons. The number of halogens is 3. The van der Waals surface area contributed by atoms with Crippen molar-refractivity contribution in [3.05, 3.63) is 29.6 Å². The highest BCUT2D eigenvalue weighted by Gasteiger charge is 2.28. The number of nitrogens with one attached hydrogen (secondary N) is 1. The minimum atomic E-state index is -0.888. The van der Waals surface area contributed by atoms with Crippen LogP contribution in [0.2, 0.25) is 0 Å². The lowest BCUT2D eigenvalue weighted by atomic mass is 9.78. The summed E-state index contributed by atoms with van der Waals surface area (Å²) >= 11 is 0. The van der Waals surface area contributed by atoms with Crippen molar-refractivity contribution in [1.29, 1.82) is 0 Å². The van der Waals surface area contributed by atoms with Crippen LogP contribution in [-0.4, -0.2) is 6.04 Å². The third kappa shape index (κ3) is 2.62. The molecule has 3 atom stereocenters. The molecule has 100 valence electrons. The molecule has 1 fully saturated rings. The highest BCUT2D eigenvalue weighted by atomic mass is 19.1. The van der Waals surface area contributed by atoms with E-state index < -0.39 is 17.5 Å². The summed E-state index contributed by atoms with van der Waals surface area (Å²) in [4.78, 5) is 0. The van der Waals surface area contributed by atoms with Crippen molar-refractivity contribution in [3.63, 3.8) is 0 Å². The highest BCUT2D eigenvalue weighted by molar-refractivity contribution is 5.47. The average Bonchev–Trinajstić information content (AvgIpc) is 2.28. The maximum Gasteiger partial charge on any atom is 0.152 e. The lowest BCUT2D eigenvalue weighted by Gasteiger charge is -2.35. The molecule has 1 N–H and O–H groups in total. The van der Waals surface area contributed by atoms with Gasteiger partial charge in [0.25, 0.3) is 0 Å². The van der Waals surface area contributed by atoms with Crippen LogP contribution in [0.4, 0.5) is 18.9 Å². The van der Waals surface area contributed by atoms with Crippen molar-refractivity contribution in [2.45, 2.75) is 39.2 Å². The fourth-order valence-electron chi connectivity index (χ4n) is 2.65. The van der Waals surface area contributed by atoms with Crippen molar-refractivity contribution >= 4 is 5.69 Å². The SMILES string of the molecule is CC1CCCC(Nc2c(F)cc(F)cc2F)C1C. The fourth-order valence-corrected chi connectivity index (χ4v) is 2.65. The maximum absolute atomic E-state index is 13.5. The van der Waals surface area contributed by atoms with E-state index in [0.717, 1.165) is 19.3 Å². The first-order valence-corrected chi connectivity index (χ1v) is 6.40. The summed E-state index contributed by atoms with van der Waals surface area (Å²) in [6.07, 6.45) is 3.09. The second-order valence-electron chi connectivity index (χ2n) is 5.26. The third-order valence-corrected chi connectivity index (χ3v) is 4.04. The van der Waals surface area contributed by atoms with Gasteiger partial charge in [-0.3, -0.25) is 0 Å². The number of benzene rings is 1. The Kier molecular flexibility index (Phi) is 3.83. The zero-order valence-electron chi connectivity index (χ0n) is 10.6. The predicted molar refractivity (Wildman–Crippen MR) is 65.9 cm³/mol. The number of anilines is 1. The van der Waals surface area contributed by atoms with Crippen molar-refractivity contribution < 1.29 is 13.2 Å². The molecular formula is C14H18F3N. The molecule has 0 aliphatic heterocycles. The molecule has 1 aromatic rings. The van der Waals surface area contributed by atoms with Gasteiger partial charge in [-0.05, 0) is 18.3 Å². The van der Waals surface area contributed by atoms with Gasteiger partial charge in [0.2, 0.25) is 0 Å². The molecule has 2 rings (SSSR count). The zero-order chi connectivity index (χ0) is 13.3. The van der Waals surface area contributed by atoms with Gasteiger partial charge >= 0.3 is 0 Å². The Balaban J connectivity index is 2.18. The molecular weight excluding hydrogens is 239 g/mol. The first kappa shape index (κ1) is 13.2. The Morgan fingerprint density at radius 1 is 1.06 bits per heavy atom. The summed E-state index contributed by atoms with van der Waals surface area (Å²) in [5.41, 5.74) is -0.206. The summed E-state index contributed by atoms with van der Waals surface area (Å²) in [5.74, 6) is -1.73. The minimum Gasteiger partial charge on any atom is -0.377 e. The van der Waals surface area contributed by atoms with E-state index in [1.807, 2.05) is 0 Å². The summed E-state index contributed by atoms with van der Waals surface area (Å²) in [6.45, 7) is 4.23. The van der Waals surface area contributed by atoms with Gasteiger partial charge in [-0.1, -0.05) is 26.7 Å². The molecule has 18 heavy (non-hydrogen) atoms. The molecule has 1 aromatic carbocycles. The summed E-state index contributed by atoms with van der Waals surface area (Å²) in [7, 11) is 0. The summed E-state index contributed by atoms with van der Waals surface area (Å²) in [5, 5.41) is 2.91. The molecule has 1 nitrogen and oxygen atoms in total. The molecule has 4 heteroatoms. The van der Waals surface area contributed by atoms with Crippen LogP contribution in [0.1, 0.15) is 33.1 Å². The van der Waals surface area contributed by atoms with Crippen molar-refractivity contribution in [1.82, 2.24) is 0 Å². The normalized spacial score (nSPS) is 28.2. The van der Waals surface area contributed by atoms with Crippen LogP contribution in [0.15, 0.2) is 12.1 Å². The smallest absolute Gasteiger partial charge is 0.152 e. The van der Waals surface area contributed by atoms with Gasteiger partial charge in [0.05, 0.1) is 0 Å². The van der Waals surface area contributed by atoms with E-state index in [1.165, 1.54) is 0 Å².